The molecule has 2 unspecified atom stereocenters. The van der Waals surface area contributed by atoms with Gasteiger partial charge in [0.1, 0.15) is 0 Å². The van der Waals surface area contributed by atoms with E-state index in [9.17, 15) is 14.7 Å². The molecule has 1 rings (SSSR count). The highest BCUT2D eigenvalue weighted by atomic mass is 16.4. The van der Waals surface area contributed by atoms with Crippen LogP contribution in [0.2, 0.25) is 0 Å². The van der Waals surface area contributed by atoms with Gasteiger partial charge < -0.3 is 15.1 Å². The van der Waals surface area contributed by atoms with E-state index in [2.05, 4.69) is 6.92 Å². The number of likely N-dealkylation sites (tertiary alicyclic amines) is 1. The molecule has 1 aliphatic heterocycles. The predicted molar refractivity (Wildman–Crippen MR) is 99.5 cm³/mol. The second kappa shape index (κ2) is 13.2. The quantitative estimate of drug-likeness (QED) is 0.459. The molecule has 2 atom stereocenters. The van der Waals surface area contributed by atoms with Crippen molar-refractivity contribution in [3.05, 3.63) is 0 Å². The summed E-state index contributed by atoms with van der Waals surface area (Å²) >= 11 is 0. The van der Waals surface area contributed by atoms with Gasteiger partial charge in [0.2, 0.25) is 5.91 Å². The molecule has 0 aromatic carbocycles. The molecule has 1 fully saturated rings. The zero-order valence-electron chi connectivity index (χ0n) is 15.9. The number of rotatable bonds is 14. The van der Waals surface area contributed by atoms with Crippen molar-refractivity contribution in [1.82, 2.24) is 4.90 Å². The van der Waals surface area contributed by atoms with Gasteiger partial charge in [0.15, 0.2) is 0 Å². The van der Waals surface area contributed by atoms with Crippen molar-refractivity contribution in [2.24, 2.45) is 0 Å². The summed E-state index contributed by atoms with van der Waals surface area (Å²) in [6.07, 6.45) is 12.2. The largest absolute Gasteiger partial charge is 0.481 e. The third-order valence-electron chi connectivity index (χ3n) is 5.20. The molecule has 0 aromatic heterocycles. The number of nitrogens with zero attached hydrogens (tertiary/aromatic N) is 1. The van der Waals surface area contributed by atoms with Crippen molar-refractivity contribution in [3.8, 4) is 0 Å². The minimum Gasteiger partial charge on any atom is -0.481 e. The molecule has 0 saturated carbocycles. The molecule has 0 aromatic rings. The molecule has 0 aliphatic carbocycles. The number of carboxylic acids is 1. The second-order valence-corrected chi connectivity index (χ2v) is 7.42. The van der Waals surface area contributed by atoms with E-state index in [0.717, 1.165) is 70.8 Å². The van der Waals surface area contributed by atoms with Gasteiger partial charge in [0.05, 0.1) is 6.10 Å². The summed E-state index contributed by atoms with van der Waals surface area (Å²) in [6, 6.07) is 0.279. The lowest BCUT2D eigenvalue weighted by Gasteiger charge is -2.36. The summed E-state index contributed by atoms with van der Waals surface area (Å²) in [6.45, 7) is 2.95. The Morgan fingerprint density at radius 3 is 2.64 bits per heavy atom. The fraction of sp³-hybridized carbons (Fsp3) is 0.900. The van der Waals surface area contributed by atoms with Crippen LogP contribution in [-0.2, 0) is 9.59 Å². The van der Waals surface area contributed by atoms with E-state index in [1.165, 1.54) is 12.8 Å². The van der Waals surface area contributed by atoms with Crippen molar-refractivity contribution in [2.45, 2.75) is 109 Å². The highest BCUT2D eigenvalue weighted by molar-refractivity contribution is 5.77. The number of carbonyl (C=O) groups is 2. The van der Waals surface area contributed by atoms with Gasteiger partial charge in [-0.05, 0) is 44.9 Å². The summed E-state index contributed by atoms with van der Waals surface area (Å²) in [5.74, 6) is -0.481. The first-order chi connectivity index (χ1) is 12.0. The Bertz CT molecular complexity index is 386. The third-order valence-corrected chi connectivity index (χ3v) is 5.20. The van der Waals surface area contributed by atoms with Crippen molar-refractivity contribution < 1.29 is 19.8 Å². The molecule has 146 valence electrons. The highest BCUT2D eigenvalue weighted by Gasteiger charge is 2.27. The van der Waals surface area contributed by atoms with Crippen LogP contribution in [0.15, 0.2) is 0 Å². The molecular formula is C20H37NO4. The number of aliphatic carboxylic acids is 1. The first-order valence-electron chi connectivity index (χ1n) is 10.2. The van der Waals surface area contributed by atoms with E-state index in [4.69, 9.17) is 5.11 Å². The lowest BCUT2D eigenvalue weighted by Crippen LogP contribution is -2.44. The predicted octanol–water partition coefficient (Wildman–Crippen LogP) is 4.12. The van der Waals surface area contributed by atoms with Gasteiger partial charge in [-0.15, -0.1) is 0 Å². The number of aliphatic hydroxyl groups is 1. The highest BCUT2D eigenvalue weighted by Crippen LogP contribution is 2.24. The number of aliphatic hydroxyl groups excluding tert-OH is 1. The first-order valence-corrected chi connectivity index (χ1v) is 10.2. The van der Waals surface area contributed by atoms with Gasteiger partial charge in [-0.3, -0.25) is 9.59 Å². The van der Waals surface area contributed by atoms with Crippen LogP contribution in [0.1, 0.15) is 96.8 Å². The number of piperidine rings is 1. The molecule has 0 radical (unpaired) electrons. The Morgan fingerprint density at radius 2 is 1.92 bits per heavy atom. The lowest BCUT2D eigenvalue weighted by molar-refractivity contribution is -0.137. The van der Waals surface area contributed by atoms with E-state index in [0.29, 0.717) is 6.42 Å². The molecule has 2 N–H and O–H groups in total. The second-order valence-electron chi connectivity index (χ2n) is 7.42. The van der Waals surface area contributed by atoms with Crippen LogP contribution in [0.25, 0.3) is 0 Å². The van der Waals surface area contributed by atoms with Crippen molar-refractivity contribution in [3.63, 3.8) is 0 Å². The number of hydrogen-bond acceptors (Lipinski definition) is 3. The average molecular weight is 356 g/mol. The van der Waals surface area contributed by atoms with Crippen LogP contribution >= 0.6 is 0 Å². The van der Waals surface area contributed by atoms with Crippen LogP contribution in [0.4, 0.5) is 0 Å². The van der Waals surface area contributed by atoms with Crippen LogP contribution in [0.3, 0.4) is 0 Å². The summed E-state index contributed by atoms with van der Waals surface area (Å²) in [7, 11) is 0. The fourth-order valence-corrected chi connectivity index (χ4v) is 3.67. The van der Waals surface area contributed by atoms with Gasteiger partial charge in [0.25, 0.3) is 0 Å². The first kappa shape index (κ1) is 21.9. The minimum absolute atomic E-state index is 0.235. The van der Waals surface area contributed by atoms with E-state index in [1.807, 2.05) is 4.90 Å². The summed E-state index contributed by atoms with van der Waals surface area (Å²) in [5, 5.41) is 18.8. The number of carboxylic acid groups (broad SMARTS) is 1. The zero-order valence-corrected chi connectivity index (χ0v) is 15.9. The molecular weight excluding hydrogens is 318 g/mol. The fourth-order valence-electron chi connectivity index (χ4n) is 3.67. The van der Waals surface area contributed by atoms with E-state index in [-0.39, 0.29) is 24.5 Å². The topological polar surface area (TPSA) is 77.8 Å². The molecule has 1 heterocycles. The summed E-state index contributed by atoms with van der Waals surface area (Å²) in [4.78, 5) is 24.8. The average Bonchev–Trinajstić information content (AvgIpc) is 2.57. The Kier molecular flexibility index (Phi) is 11.5. The van der Waals surface area contributed by atoms with Crippen LogP contribution in [-0.4, -0.2) is 45.7 Å². The van der Waals surface area contributed by atoms with Gasteiger partial charge in [-0.25, -0.2) is 0 Å². The Hall–Kier alpha value is -1.10. The third kappa shape index (κ3) is 9.83. The smallest absolute Gasteiger partial charge is 0.303 e. The summed E-state index contributed by atoms with van der Waals surface area (Å²) in [5.41, 5.74) is 0. The number of unbranched alkanes of at least 4 members (excludes halogenated alkanes) is 5. The van der Waals surface area contributed by atoms with E-state index in [1.54, 1.807) is 0 Å². The Labute approximate surface area is 152 Å². The molecule has 1 amide bonds. The summed E-state index contributed by atoms with van der Waals surface area (Å²) < 4.78 is 0. The zero-order chi connectivity index (χ0) is 18.5. The number of hydrogen-bond donors (Lipinski definition) is 2. The maximum Gasteiger partial charge on any atom is 0.303 e. The number of carbonyl (C=O) groups excluding carboxylic acids is 1. The standard InChI is InChI=1S/C20H37NO4/c1-2-3-6-11-18(22)15-14-17-10-9-12-19(23)21(17)16-8-5-4-7-13-20(24)25/h17-18,22H,2-16H2,1H3,(H,24,25). The normalized spacial score (nSPS) is 19.2. The van der Waals surface area contributed by atoms with Gasteiger partial charge in [0, 0.05) is 25.4 Å². The van der Waals surface area contributed by atoms with Crippen LogP contribution < -0.4 is 0 Å². The maximum atomic E-state index is 12.3. The number of amides is 1. The Morgan fingerprint density at radius 1 is 1.16 bits per heavy atom. The van der Waals surface area contributed by atoms with Crippen molar-refractivity contribution >= 4 is 11.9 Å². The molecule has 5 heteroatoms. The van der Waals surface area contributed by atoms with Crippen molar-refractivity contribution in [2.75, 3.05) is 6.54 Å². The maximum absolute atomic E-state index is 12.3. The van der Waals surface area contributed by atoms with E-state index < -0.39 is 5.97 Å². The van der Waals surface area contributed by atoms with Gasteiger partial charge >= 0.3 is 5.97 Å². The molecule has 5 nitrogen and oxygen atoms in total. The SMILES string of the molecule is CCCCCC(O)CCC1CCCC(=O)N1CCCCCCC(=O)O. The van der Waals surface area contributed by atoms with Gasteiger partial charge in [-0.1, -0.05) is 39.0 Å². The van der Waals surface area contributed by atoms with Crippen LogP contribution in [0, 0.1) is 0 Å². The molecule has 1 saturated heterocycles. The van der Waals surface area contributed by atoms with E-state index >= 15 is 0 Å². The monoisotopic (exact) mass is 355 g/mol. The van der Waals surface area contributed by atoms with Crippen LogP contribution in [0.5, 0.6) is 0 Å². The lowest BCUT2D eigenvalue weighted by atomic mass is 9.94. The molecule has 0 spiro atoms. The Balaban J connectivity index is 2.27. The molecule has 25 heavy (non-hydrogen) atoms. The molecule has 0 bridgehead atoms. The minimum atomic E-state index is -0.733. The van der Waals surface area contributed by atoms with Crippen molar-refractivity contribution in [1.29, 1.82) is 0 Å². The molecule has 1 aliphatic rings. The van der Waals surface area contributed by atoms with Gasteiger partial charge in [-0.2, -0.15) is 0 Å².